The molecular weight excluding hydrogens is 270 g/mol. The minimum atomic E-state index is -0.697. The monoisotopic (exact) mass is 289 g/mol. The number of carbonyl (C=O) groups is 3. The average Bonchev–Trinajstić information content (AvgIpc) is 2.62. The van der Waals surface area contributed by atoms with Gasteiger partial charge in [0.1, 0.15) is 5.60 Å². The van der Waals surface area contributed by atoms with Gasteiger partial charge in [0.15, 0.2) is 11.6 Å². The highest BCUT2D eigenvalue weighted by atomic mass is 16.6. The molecule has 0 atom stereocenters. The average molecular weight is 289 g/mol. The molecule has 0 saturated carbocycles. The smallest absolute Gasteiger partial charge is 0.407 e. The molecule has 0 unspecified atom stereocenters. The van der Waals surface area contributed by atoms with Crippen LogP contribution in [0, 0.1) is 5.92 Å². The van der Waals surface area contributed by atoms with Crippen molar-refractivity contribution >= 4 is 17.7 Å². The number of benzene rings is 1. The van der Waals surface area contributed by atoms with Crippen molar-refractivity contribution in [1.29, 1.82) is 0 Å². The van der Waals surface area contributed by atoms with Crippen LogP contribution in [-0.4, -0.2) is 29.8 Å². The van der Waals surface area contributed by atoms with Crippen LogP contribution in [0.4, 0.5) is 4.79 Å². The molecule has 5 heteroatoms. The molecule has 0 heterocycles. The number of hydrogen-bond acceptors (Lipinski definition) is 4. The molecule has 0 spiro atoms. The number of ketones is 2. The van der Waals surface area contributed by atoms with Crippen LogP contribution in [0.25, 0.3) is 0 Å². The molecule has 0 fully saturated rings. The maximum Gasteiger partial charge on any atom is 0.407 e. The lowest BCUT2D eigenvalue weighted by atomic mass is 10.00. The van der Waals surface area contributed by atoms with Crippen LogP contribution in [0.15, 0.2) is 24.3 Å². The lowest BCUT2D eigenvalue weighted by Crippen LogP contribution is -2.34. The number of alkyl carbamates (subject to hydrolysis) is 1. The third-order valence-corrected chi connectivity index (χ3v) is 3.19. The summed E-state index contributed by atoms with van der Waals surface area (Å²) in [7, 11) is 0. The number of rotatable bonds is 3. The van der Waals surface area contributed by atoms with Gasteiger partial charge in [-0.25, -0.2) is 4.79 Å². The summed E-state index contributed by atoms with van der Waals surface area (Å²) in [5.41, 5.74) is 0.383. The van der Waals surface area contributed by atoms with Gasteiger partial charge in [-0.15, -0.1) is 0 Å². The highest BCUT2D eigenvalue weighted by molar-refractivity contribution is 6.26. The van der Waals surface area contributed by atoms with Crippen molar-refractivity contribution in [3.05, 3.63) is 35.4 Å². The molecule has 21 heavy (non-hydrogen) atoms. The lowest BCUT2D eigenvalue weighted by Gasteiger charge is -2.19. The third-order valence-electron chi connectivity index (χ3n) is 3.19. The van der Waals surface area contributed by atoms with Gasteiger partial charge < -0.3 is 10.1 Å². The van der Waals surface area contributed by atoms with Gasteiger partial charge in [0.25, 0.3) is 0 Å². The maximum absolute atomic E-state index is 12.1. The number of hydrogen-bond donors (Lipinski definition) is 1. The van der Waals surface area contributed by atoms with Crippen molar-refractivity contribution in [2.45, 2.75) is 32.8 Å². The standard InChI is InChI=1S/C16H19NO4/c1-16(2,3)21-15(20)17-9-8-12-13(18)10-6-4-5-7-11(10)14(12)19/h4-7,12H,8-9H2,1-3H3,(H,17,20). The number of carbonyl (C=O) groups excluding carboxylic acids is 3. The molecule has 1 aliphatic rings. The first-order valence-corrected chi connectivity index (χ1v) is 6.94. The van der Waals surface area contributed by atoms with Crippen molar-refractivity contribution in [3.8, 4) is 0 Å². The molecule has 1 aliphatic carbocycles. The van der Waals surface area contributed by atoms with Crippen LogP contribution in [0.1, 0.15) is 47.9 Å². The van der Waals surface area contributed by atoms with E-state index in [1.165, 1.54) is 0 Å². The minimum Gasteiger partial charge on any atom is -0.444 e. The quantitative estimate of drug-likeness (QED) is 0.868. The summed E-state index contributed by atoms with van der Waals surface area (Å²) in [6.45, 7) is 5.54. The fourth-order valence-electron chi connectivity index (χ4n) is 2.30. The first-order chi connectivity index (χ1) is 9.79. The van der Waals surface area contributed by atoms with Crippen molar-refractivity contribution in [2.75, 3.05) is 6.54 Å². The van der Waals surface area contributed by atoms with E-state index in [1.807, 2.05) is 0 Å². The van der Waals surface area contributed by atoms with E-state index in [2.05, 4.69) is 5.32 Å². The Morgan fingerprint density at radius 1 is 1.14 bits per heavy atom. The van der Waals surface area contributed by atoms with Crippen molar-refractivity contribution < 1.29 is 19.1 Å². The Labute approximate surface area is 123 Å². The van der Waals surface area contributed by atoms with Gasteiger partial charge >= 0.3 is 6.09 Å². The Balaban J connectivity index is 1.90. The Bertz CT molecular complexity index is 551. The zero-order valence-corrected chi connectivity index (χ0v) is 12.4. The van der Waals surface area contributed by atoms with Crippen LogP contribution in [0.2, 0.25) is 0 Å². The van der Waals surface area contributed by atoms with Crippen LogP contribution in [-0.2, 0) is 4.74 Å². The van der Waals surface area contributed by atoms with Crippen LogP contribution >= 0.6 is 0 Å². The maximum atomic E-state index is 12.1. The molecule has 0 aromatic heterocycles. The first-order valence-electron chi connectivity index (χ1n) is 6.94. The van der Waals surface area contributed by atoms with E-state index in [0.29, 0.717) is 11.1 Å². The zero-order chi connectivity index (χ0) is 15.6. The fourth-order valence-corrected chi connectivity index (χ4v) is 2.30. The largest absolute Gasteiger partial charge is 0.444 e. The number of amides is 1. The van der Waals surface area contributed by atoms with Crippen molar-refractivity contribution in [1.82, 2.24) is 5.32 Å². The number of nitrogens with one attached hydrogen (secondary N) is 1. The Hall–Kier alpha value is -2.17. The van der Waals surface area contributed by atoms with E-state index < -0.39 is 17.6 Å². The topological polar surface area (TPSA) is 72.5 Å². The second kappa shape index (κ2) is 5.68. The fraction of sp³-hybridized carbons (Fsp3) is 0.438. The highest BCUT2D eigenvalue weighted by Gasteiger charge is 2.37. The van der Waals surface area contributed by atoms with Crippen LogP contribution in [0.3, 0.4) is 0 Å². The van der Waals surface area contributed by atoms with E-state index in [0.717, 1.165) is 0 Å². The molecule has 0 radical (unpaired) electrons. The number of fused-ring (bicyclic) bond motifs is 1. The summed E-state index contributed by atoms with van der Waals surface area (Å²) < 4.78 is 5.10. The van der Waals surface area contributed by atoms with Gasteiger partial charge in [-0.05, 0) is 27.2 Å². The second-order valence-corrected chi connectivity index (χ2v) is 6.04. The molecule has 5 nitrogen and oxygen atoms in total. The number of ether oxygens (including phenoxy) is 1. The molecule has 1 aromatic rings. The van der Waals surface area contributed by atoms with E-state index >= 15 is 0 Å². The molecule has 1 aromatic carbocycles. The second-order valence-electron chi connectivity index (χ2n) is 6.04. The predicted octanol–water partition coefficient (Wildman–Crippen LogP) is 2.60. The molecule has 1 amide bonds. The van der Waals surface area contributed by atoms with Gasteiger partial charge in [-0.1, -0.05) is 24.3 Å². The SMILES string of the molecule is CC(C)(C)OC(=O)NCCC1C(=O)c2ccccc2C1=O. The van der Waals surface area contributed by atoms with Gasteiger partial charge in [0, 0.05) is 17.7 Å². The first kappa shape index (κ1) is 15.2. The van der Waals surface area contributed by atoms with E-state index in [1.54, 1.807) is 45.0 Å². The highest BCUT2D eigenvalue weighted by Crippen LogP contribution is 2.28. The molecule has 1 N–H and O–H groups in total. The molecule has 0 aliphatic heterocycles. The zero-order valence-electron chi connectivity index (χ0n) is 12.4. The lowest BCUT2D eigenvalue weighted by molar-refractivity contribution is 0.0520. The number of Topliss-reactive ketones (excluding diaryl/α,β-unsaturated/α-hetero) is 2. The normalized spacial score (nSPS) is 15.0. The summed E-state index contributed by atoms with van der Waals surface area (Å²) in [5.74, 6) is -1.03. The Morgan fingerprint density at radius 3 is 2.14 bits per heavy atom. The van der Waals surface area contributed by atoms with Gasteiger partial charge in [0.05, 0.1) is 5.92 Å². The summed E-state index contributed by atoms with van der Waals surface area (Å²) in [6, 6.07) is 6.81. The summed E-state index contributed by atoms with van der Waals surface area (Å²) in [5, 5.41) is 2.57. The van der Waals surface area contributed by atoms with E-state index in [4.69, 9.17) is 4.74 Å². The summed E-state index contributed by atoms with van der Waals surface area (Å²) >= 11 is 0. The van der Waals surface area contributed by atoms with Crippen molar-refractivity contribution in [2.24, 2.45) is 5.92 Å². The van der Waals surface area contributed by atoms with Crippen molar-refractivity contribution in [3.63, 3.8) is 0 Å². The van der Waals surface area contributed by atoms with Gasteiger partial charge in [0.2, 0.25) is 0 Å². The molecule has 112 valence electrons. The Morgan fingerprint density at radius 2 is 1.67 bits per heavy atom. The molecular formula is C16H19NO4. The van der Waals surface area contributed by atoms with Gasteiger partial charge in [-0.2, -0.15) is 0 Å². The van der Waals surface area contributed by atoms with Crippen LogP contribution < -0.4 is 5.32 Å². The summed E-state index contributed by atoms with van der Waals surface area (Å²) in [6.07, 6.45) is -0.260. The van der Waals surface area contributed by atoms with Crippen LogP contribution in [0.5, 0.6) is 0 Å². The predicted molar refractivity (Wildman–Crippen MR) is 77.4 cm³/mol. The summed E-state index contributed by atoms with van der Waals surface area (Å²) in [4.78, 5) is 35.8. The minimum absolute atomic E-state index is 0.165. The van der Waals surface area contributed by atoms with E-state index in [-0.39, 0.29) is 24.5 Å². The Kier molecular flexibility index (Phi) is 4.11. The van der Waals surface area contributed by atoms with Gasteiger partial charge in [-0.3, -0.25) is 9.59 Å². The van der Waals surface area contributed by atoms with E-state index in [9.17, 15) is 14.4 Å². The molecule has 2 rings (SSSR count). The molecule has 0 bridgehead atoms. The molecule has 0 saturated heterocycles. The third kappa shape index (κ3) is 3.48.